The van der Waals surface area contributed by atoms with Gasteiger partial charge in [-0.05, 0) is 38.3 Å². The van der Waals surface area contributed by atoms with Crippen LogP contribution < -0.4 is 10.2 Å². The molecule has 0 saturated carbocycles. The van der Waals surface area contributed by atoms with E-state index in [1.54, 1.807) is 11.3 Å². The quantitative estimate of drug-likeness (QED) is 0.937. The summed E-state index contributed by atoms with van der Waals surface area (Å²) < 4.78 is 0. The number of para-hydroxylation sites is 2. The number of benzene rings is 1. The van der Waals surface area contributed by atoms with Crippen molar-refractivity contribution in [3.8, 4) is 0 Å². The molecule has 0 bridgehead atoms. The summed E-state index contributed by atoms with van der Waals surface area (Å²) in [6.45, 7) is 4.09. The number of carbonyl (C=O) groups excluding carboxylic acids is 1. The van der Waals surface area contributed by atoms with Gasteiger partial charge < -0.3 is 10.2 Å². The van der Waals surface area contributed by atoms with E-state index in [-0.39, 0.29) is 5.91 Å². The van der Waals surface area contributed by atoms with Crippen LogP contribution in [0.5, 0.6) is 0 Å². The minimum atomic E-state index is -0.00485. The van der Waals surface area contributed by atoms with Gasteiger partial charge in [0.15, 0.2) is 0 Å². The van der Waals surface area contributed by atoms with Gasteiger partial charge in [0.1, 0.15) is 0 Å². The zero-order valence-corrected chi connectivity index (χ0v) is 13.7. The van der Waals surface area contributed by atoms with Crippen molar-refractivity contribution in [1.82, 2.24) is 4.98 Å². The van der Waals surface area contributed by atoms with Gasteiger partial charge >= 0.3 is 0 Å². The molecular weight excluding hydrogens is 294 g/mol. The minimum Gasteiger partial charge on any atom is -0.370 e. The molecule has 3 rings (SSSR count). The van der Waals surface area contributed by atoms with Crippen LogP contribution >= 0.6 is 11.3 Å². The zero-order valence-electron chi connectivity index (χ0n) is 12.8. The number of carbonyl (C=O) groups is 1. The van der Waals surface area contributed by atoms with E-state index < -0.39 is 0 Å². The van der Waals surface area contributed by atoms with E-state index in [0.717, 1.165) is 35.2 Å². The van der Waals surface area contributed by atoms with Crippen LogP contribution in [0.1, 0.15) is 30.0 Å². The maximum absolute atomic E-state index is 12.3. The lowest BCUT2D eigenvalue weighted by Crippen LogP contribution is -2.30. The molecule has 2 aromatic rings. The van der Waals surface area contributed by atoms with E-state index in [4.69, 9.17) is 0 Å². The van der Waals surface area contributed by atoms with Crippen LogP contribution in [0.2, 0.25) is 0 Å². The molecule has 1 saturated heterocycles. The molecular formula is C17H21N3OS. The lowest BCUT2D eigenvalue weighted by Gasteiger charge is -2.30. The monoisotopic (exact) mass is 315 g/mol. The highest BCUT2D eigenvalue weighted by atomic mass is 32.1. The average Bonchev–Trinajstić information content (AvgIpc) is 2.93. The molecule has 0 atom stereocenters. The van der Waals surface area contributed by atoms with Crippen molar-refractivity contribution < 1.29 is 4.79 Å². The topological polar surface area (TPSA) is 45.2 Å². The Morgan fingerprint density at radius 3 is 2.77 bits per heavy atom. The number of aromatic nitrogens is 1. The first kappa shape index (κ1) is 15.0. The Kier molecular flexibility index (Phi) is 4.73. The first-order chi connectivity index (χ1) is 10.7. The van der Waals surface area contributed by atoms with Gasteiger partial charge in [-0.3, -0.25) is 4.79 Å². The number of hydrogen-bond acceptors (Lipinski definition) is 4. The molecule has 5 heteroatoms. The van der Waals surface area contributed by atoms with Gasteiger partial charge in [-0.1, -0.05) is 12.1 Å². The van der Waals surface area contributed by atoms with Gasteiger partial charge in [-0.2, -0.15) is 0 Å². The number of hydrogen-bond donors (Lipinski definition) is 1. The van der Waals surface area contributed by atoms with Crippen LogP contribution in [-0.4, -0.2) is 24.0 Å². The van der Waals surface area contributed by atoms with E-state index in [0.29, 0.717) is 6.42 Å². The number of amides is 1. The van der Waals surface area contributed by atoms with Crippen molar-refractivity contribution >= 4 is 28.6 Å². The summed E-state index contributed by atoms with van der Waals surface area (Å²) in [5.74, 6) is -0.00485. The molecule has 0 spiro atoms. The van der Waals surface area contributed by atoms with Crippen LogP contribution in [0.25, 0.3) is 0 Å². The summed E-state index contributed by atoms with van der Waals surface area (Å²) in [6, 6.07) is 8.07. The van der Waals surface area contributed by atoms with E-state index in [9.17, 15) is 4.79 Å². The second-order valence-electron chi connectivity index (χ2n) is 5.65. The van der Waals surface area contributed by atoms with Crippen molar-refractivity contribution in [2.24, 2.45) is 0 Å². The molecule has 1 amide bonds. The number of aryl methyl sites for hydroxylation is 1. The highest BCUT2D eigenvalue weighted by molar-refractivity contribution is 7.09. The van der Waals surface area contributed by atoms with Crippen molar-refractivity contribution in [2.45, 2.75) is 32.6 Å². The summed E-state index contributed by atoms with van der Waals surface area (Å²) in [7, 11) is 0. The van der Waals surface area contributed by atoms with Gasteiger partial charge in [0.2, 0.25) is 5.91 Å². The van der Waals surface area contributed by atoms with Gasteiger partial charge in [-0.15, -0.1) is 11.3 Å². The summed E-state index contributed by atoms with van der Waals surface area (Å²) in [4.78, 5) is 19.0. The Labute approximate surface area is 135 Å². The smallest absolute Gasteiger partial charge is 0.230 e. The maximum Gasteiger partial charge on any atom is 0.230 e. The van der Waals surface area contributed by atoms with Crippen molar-refractivity contribution in [2.75, 3.05) is 23.3 Å². The molecule has 22 heavy (non-hydrogen) atoms. The third-order valence-electron chi connectivity index (χ3n) is 3.88. The number of thiazole rings is 1. The Morgan fingerprint density at radius 1 is 1.27 bits per heavy atom. The van der Waals surface area contributed by atoms with Gasteiger partial charge in [0.05, 0.1) is 28.5 Å². The van der Waals surface area contributed by atoms with E-state index in [2.05, 4.69) is 21.3 Å². The Bertz CT molecular complexity index is 647. The Balaban J connectivity index is 1.70. The molecule has 0 unspecified atom stereocenters. The fraction of sp³-hybridized carbons (Fsp3) is 0.412. The van der Waals surface area contributed by atoms with Crippen LogP contribution in [0, 0.1) is 6.92 Å². The summed E-state index contributed by atoms with van der Waals surface area (Å²) in [5.41, 5.74) is 2.88. The molecule has 1 aliphatic rings. The maximum atomic E-state index is 12.3. The molecule has 0 radical (unpaired) electrons. The average molecular weight is 315 g/mol. The summed E-state index contributed by atoms with van der Waals surface area (Å²) >= 11 is 1.58. The molecule has 116 valence electrons. The minimum absolute atomic E-state index is 0.00485. The van der Waals surface area contributed by atoms with Crippen LogP contribution in [0.3, 0.4) is 0 Å². The second-order valence-corrected chi connectivity index (χ2v) is 6.71. The predicted molar refractivity (Wildman–Crippen MR) is 91.7 cm³/mol. The predicted octanol–water partition coefficient (Wildman–Crippen LogP) is 3.62. The molecule has 1 N–H and O–H groups in total. The van der Waals surface area contributed by atoms with E-state index in [1.807, 2.05) is 30.5 Å². The van der Waals surface area contributed by atoms with Gasteiger partial charge in [0.25, 0.3) is 0 Å². The van der Waals surface area contributed by atoms with Gasteiger partial charge in [-0.25, -0.2) is 4.98 Å². The molecule has 1 aliphatic heterocycles. The van der Waals surface area contributed by atoms with Crippen molar-refractivity contribution in [1.29, 1.82) is 0 Å². The fourth-order valence-electron chi connectivity index (χ4n) is 2.84. The SMILES string of the molecule is Cc1nc(CC(=O)Nc2ccccc2N2CCCCC2)cs1. The Morgan fingerprint density at radius 2 is 2.05 bits per heavy atom. The second kappa shape index (κ2) is 6.92. The van der Waals surface area contributed by atoms with Gasteiger partial charge in [0, 0.05) is 18.5 Å². The van der Waals surface area contributed by atoms with Crippen molar-refractivity contribution in [3.05, 3.63) is 40.3 Å². The highest BCUT2D eigenvalue weighted by Gasteiger charge is 2.15. The standard InChI is InChI=1S/C17H21N3OS/c1-13-18-14(12-22-13)11-17(21)19-15-7-3-4-8-16(15)20-9-5-2-6-10-20/h3-4,7-8,12H,2,5-6,9-11H2,1H3,(H,19,21). The molecule has 1 aromatic heterocycles. The Hall–Kier alpha value is -1.88. The molecule has 1 fully saturated rings. The lowest BCUT2D eigenvalue weighted by molar-refractivity contribution is -0.115. The van der Waals surface area contributed by atoms with E-state index in [1.165, 1.54) is 19.3 Å². The first-order valence-corrected chi connectivity index (χ1v) is 8.65. The molecule has 2 heterocycles. The van der Waals surface area contributed by atoms with Crippen LogP contribution in [-0.2, 0) is 11.2 Å². The number of rotatable bonds is 4. The number of anilines is 2. The first-order valence-electron chi connectivity index (χ1n) is 7.77. The lowest BCUT2D eigenvalue weighted by atomic mass is 10.1. The van der Waals surface area contributed by atoms with Crippen LogP contribution in [0.15, 0.2) is 29.6 Å². The van der Waals surface area contributed by atoms with E-state index >= 15 is 0 Å². The highest BCUT2D eigenvalue weighted by Crippen LogP contribution is 2.28. The largest absolute Gasteiger partial charge is 0.370 e. The summed E-state index contributed by atoms with van der Waals surface area (Å²) in [5, 5.41) is 6.00. The van der Waals surface area contributed by atoms with Crippen molar-refractivity contribution in [3.63, 3.8) is 0 Å². The third-order valence-corrected chi connectivity index (χ3v) is 4.71. The number of nitrogens with one attached hydrogen (secondary N) is 1. The number of piperidine rings is 1. The van der Waals surface area contributed by atoms with Crippen LogP contribution in [0.4, 0.5) is 11.4 Å². The molecule has 1 aromatic carbocycles. The summed E-state index contributed by atoms with van der Waals surface area (Å²) in [6.07, 6.45) is 4.08. The number of nitrogens with zero attached hydrogens (tertiary/aromatic N) is 2. The third kappa shape index (κ3) is 3.65. The fourth-order valence-corrected chi connectivity index (χ4v) is 3.45. The molecule has 0 aliphatic carbocycles. The molecule has 4 nitrogen and oxygen atoms in total. The normalized spacial score (nSPS) is 14.9. The zero-order chi connectivity index (χ0) is 15.4.